The molecule has 25 heavy (non-hydrogen) atoms. The van der Waals surface area contributed by atoms with Crippen LogP contribution in [0.15, 0.2) is 48.8 Å². The summed E-state index contributed by atoms with van der Waals surface area (Å²) in [6, 6.07) is 10.4. The predicted molar refractivity (Wildman–Crippen MR) is 87.7 cm³/mol. The number of ether oxygens (including phenoxy) is 2. The van der Waals surface area contributed by atoms with Gasteiger partial charge < -0.3 is 14.8 Å². The number of aromatic amines is 1. The van der Waals surface area contributed by atoms with Gasteiger partial charge in [0.05, 0.1) is 6.04 Å². The summed E-state index contributed by atoms with van der Waals surface area (Å²) in [4.78, 5) is 20.8. The number of aromatic nitrogens is 4. The highest BCUT2D eigenvalue weighted by Gasteiger charge is 2.31. The van der Waals surface area contributed by atoms with Crippen molar-refractivity contribution in [3.05, 3.63) is 54.6 Å². The van der Waals surface area contributed by atoms with Crippen LogP contribution in [-0.4, -0.2) is 32.4 Å². The molecule has 0 bridgehead atoms. The molecule has 1 aromatic carbocycles. The lowest BCUT2D eigenvalue weighted by atomic mass is 10.2. The van der Waals surface area contributed by atoms with E-state index in [-0.39, 0.29) is 11.9 Å². The van der Waals surface area contributed by atoms with Crippen molar-refractivity contribution in [3.63, 3.8) is 0 Å². The summed E-state index contributed by atoms with van der Waals surface area (Å²) < 4.78 is 11.0. The molecule has 3 heterocycles. The van der Waals surface area contributed by atoms with Gasteiger partial charge >= 0.3 is 12.2 Å². The predicted octanol–water partition coefficient (Wildman–Crippen LogP) is 1.84. The molecule has 1 aliphatic rings. The number of carbonyl (C=O) groups excluding carboxylic acids is 1. The number of fused-ring (bicyclic) bond motifs is 1. The summed E-state index contributed by atoms with van der Waals surface area (Å²) in [5.74, 6) is 1.76. The number of rotatable bonds is 4. The molecule has 0 spiro atoms. The van der Waals surface area contributed by atoms with Crippen LogP contribution in [0.4, 0.5) is 0 Å². The zero-order chi connectivity index (χ0) is 17.2. The molecule has 1 unspecified atom stereocenters. The molecule has 0 fully saturated rings. The summed E-state index contributed by atoms with van der Waals surface area (Å²) in [5.41, 5.74) is 0.793. The van der Waals surface area contributed by atoms with E-state index in [1.807, 2.05) is 24.3 Å². The maximum Gasteiger partial charge on any atom is 0.321 e. The van der Waals surface area contributed by atoms with Crippen LogP contribution in [0.25, 0.3) is 11.4 Å². The quantitative estimate of drug-likeness (QED) is 0.753. The van der Waals surface area contributed by atoms with Crippen molar-refractivity contribution in [1.29, 1.82) is 0 Å². The molecule has 0 saturated heterocycles. The first-order chi connectivity index (χ1) is 12.2. The molecule has 1 atom stereocenters. The zero-order valence-corrected chi connectivity index (χ0v) is 13.3. The minimum atomic E-state index is -1.01. The highest BCUT2D eigenvalue weighted by Crippen LogP contribution is 2.34. The average Bonchev–Trinajstić information content (AvgIpc) is 3.29. The number of benzene rings is 1. The van der Waals surface area contributed by atoms with E-state index in [0.717, 1.165) is 5.56 Å². The van der Waals surface area contributed by atoms with Crippen molar-refractivity contribution in [2.24, 2.45) is 0 Å². The van der Waals surface area contributed by atoms with Crippen LogP contribution in [0, 0.1) is 0 Å². The second kappa shape index (κ2) is 6.23. The van der Waals surface area contributed by atoms with Gasteiger partial charge in [-0.15, -0.1) is 0 Å². The Labute approximate surface area is 143 Å². The first kappa shape index (κ1) is 15.1. The Balaban J connectivity index is 1.42. The Morgan fingerprint density at radius 3 is 2.64 bits per heavy atom. The maximum atomic E-state index is 12.3. The van der Waals surface area contributed by atoms with Gasteiger partial charge in [-0.05, 0) is 31.2 Å². The van der Waals surface area contributed by atoms with Crippen molar-refractivity contribution >= 4 is 5.91 Å². The fraction of sp³-hybridized carbons (Fsp3) is 0.176. The molecule has 8 nitrogen and oxygen atoms in total. The molecule has 4 rings (SSSR count). The number of carbonyl (C=O) groups is 1. The lowest BCUT2D eigenvalue weighted by Crippen LogP contribution is -2.41. The third-order valence-corrected chi connectivity index (χ3v) is 3.72. The summed E-state index contributed by atoms with van der Waals surface area (Å²) in [7, 11) is 0. The van der Waals surface area contributed by atoms with Crippen molar-refractivity contribution in [2.45, 2.75) is 19.3 Å². The van der Waals surface area contributed by atoms with Gasteiger partial charge in [0.1, 0.15) is 5.82 Å². The van der Waals surface area contributed by atoms with Crippen LogP contribution < -0.4 is 14.8 Å². The molecule has 0 saturated carbocycles. The maximum absolute atomic E-state index is 12.3. The van der Waals surface area contributed by atoms with Crippen LogP contribution in [0.1, 0.15) is 18.8 Å². The smallest absolute Gasteiger partial charge is 0.321 e. The highest BCUT2D eigenvalue weighted by atomic mass is 16.7. The monoisotopic (exact) mass is 337 g/mol. The van der Waals surface area contributed by atoms with E-state index in [9.17, 15) is 4.79 Å². The molecule has 3 aromatic rings. The zero-order valence-electron chi connectivity index (χ0n) is 13.3. The molecule has 2 N–H and O–H groups in total. The van der Waals surface area contributed by atoms with Gasteiger partial charge in [-0.3, -0.25) is 14.9 Å². The summed E-state index contributed by atoms with van der Waals surface area (Å²) in [6.07, 6.45) is 2.34. The molecular formula is C17H15N5O3. The van der Waals surface area contributed by atoms with E-state index in [2.05, 4.69) is 25.5 Å². The number of H-pyrrole nitrogens is 1. The molecule has 1 aliphatic heterocycles. The normalized spacial score (nSPS) is 14.3. The highest BCUT2D eigenvalue weighted by molar-refractivity contribution is 5.81. The van der Waals surface area contributed by atoms with Crippen LogP contribution in [-0.2, 0) is 4.79 Å². The van der Waals surface area contributed by atoms with Gasteiger partial charge in [0.25, 0.3) is 0 Å². The molecule has 126 valence electrons. The van der Waals surface area contributed by atoms with Crippen LogP contribution in [0.2, 0.25) is 0 Å². The number of hydrogen-bond acceptors (Lipinski definition) is 6. The Bertz CT molecular complexity index is 871. The molecule has 2 aromatic heterocycles. The number of nitrogens with zero attached hydrogens (tertiary/aromatic N) is 3. The largest absolute Gasteiger partial charge is 0.442 e. The summed E-state index contributed by atoms with van der Waals surface area (Å²) in [6.45, 7) is 1.80. The SMILES string of the molecule is CC(NC(=O)C1Oc2ccccc2O1)c1nc(-c2cccnc2)n[nH]1. The minimum Gasteiger partial charge on any atom is -0.442 e. The van der Waals surface area contributed by atoms with Gasteiger partial charge in [0.15, 0.2) is 17.3 Å². The number of amides is 1. The number of hydrogen-bond donors (Lipinski definition) is 2. The standard InChI is InChI=1S/C17H15N5O3/c1-10(14-20-15(22-21-14)11-5-4-8-18-9-11)19-16(23)17-24-12-6-2-3-7-13(12)25-17/h2-10,17H,1H3,(H,19,23)(H,20,21,22). The van der Waals surface area contributed by atoms with E-state index in [1.165, 1.54) is 0 Å². The molecular weight excluding hydrogens is 322 g/mol. The number of para-hydroxylation sites is 2. The summed E-state index contributed by atoms with van der Waals surface area (Å²) >= 11 is 0. The lowest BCUT2D eigenvalue weighted by molar-refractivity contribution is -0.137. The third-order valence-electron chi connectivity index (χ3n) is 3.72. The average molecular weight is 337 g/mol. The molecule has 0 radical (unpaired) electrons. The van der Waals surface area contributed by atoms with Crippen molar-refractivity contribution in [2.75, 3.05) is 0 Å². The Morgan fingerprint density at radius 1 is 1.20 bits per heavy atom. The van der Waals surface area contributed by atoms with Crippen LogP contribution >= 0.6 is 0 Å². The number of pyridine rings is 1. The molecule has 8 heteroatoms. The van der Waals surface area contributed by atoms with Crippen molar-refractivity contribution in [1.82, 2.24) is 25.5 Å². The molecule has 1 amide bonds. The third kappa shape index (κ3) is 3.01. The Morgan fingerprint density at radius 2 is 1.96 bits per heavy atom. The first-order valence-corrected chi connectivity index (χ1v) is 7.76. The van der Waals surface area contributed by atoms with Crippen LogP contribution in [0.5, 0.6) is 11.5 Å². The number of nitrogens with one attached hydrogen (secondary N) is 2. The lowest BCUT2D eigenvalue weighted by Gasteiger charge is -2.14. The summed E-state index contributed by atoms with van der Waals surface area (Å²) in [5, 5.41) is 9.79. The fourth-order valence-corrected chi connectivity index (χ4v) is 2.45. The van der Waals surface area contributed by atoms with Gasteiger partial charge in [0.2, 0.25) is 0 Å². The second-order valence-electron chi connectivity index (χ2n) is 5.53. The van der Waals surface area contributed by atoms with E-state index in [0.29, 0.717) is 23.1 Å². The Kier molecular flexibility index (Phi) is 3.77. The van der Waals surface area contributed by atoms with E-state index in [1.54, 1.807) is 31.5 Å². The van der Waals surface area contributed by atoms with Gasteiger partial charge in [0, 0.05) is 18.0 Å². The fourth-order valence-electron chi connectivity index (χ4n) is 2.45. The van der Waals surface area contributed by atoms with E-state index < -0.39 is 6.29 Å². The van der Waals surface area contributed by atoms with E-state index >= 15 is 0 Å². The van der Waals surface area contributed by atoms with Gasteiger partial charge in [-0.25, -0.2) is 4.98 Å². The topological polar surface area (TPSA) is 102 Å². The van der Waals surface area contributed by atoms with Gasteiger partial charge in [-0.1, -0.05) is 12.1 Å². The van der Waals surface area contributed by atoms with Crippen molar-refractivity contribution in [3.8, 4) is 22.9 Å². The van der Waals surface area contributed by atoms with Crippen molar-refractivity contribution < 1.29 is 14.3 Å². The minimum absolute atomic E-state index is 0.386. The molecule has 0 aliphatic carbocycles. The van der Waals surface area contributed by atoms with Crippen LogP contribution in [0.3, 0.4) is 0 Å². The first-order valence-electron chi connectivity index (χ1n) is 7.76. The van der Waals surface area contributed by atoms with E-state index in [4.69, 9.17) is 9.47 Å². The van der Waals surface area contributed by atoms with Gasteiger partial charge in [-0.2, -0.15) is 5.10 Å². The second-order valence-corrected chi connectivity index (χ2v) is 5.53. The Hall–Kier alpha value is -3.42.